The first-order chi connectivity index (χ1) is 13.7. The van der Waals surface area contributed by atoms with E-state index in [2.05, 4.69) is 64.1 Å². The number of hydrogen-bond acceptors (Lipinski definition) is 3. The second-order valence-corrected chi connectivity index (χ2v) is 8.68. The first kappa shape index (κ1) is 19.9. The summed E-state index contributed by atoms with van der Waals surface area (Å²) in [6.45, 7) is 9.21. The zero-order valence-corrected chi connectivity index (χ0v) is 17.7. The van der Waals surface area contributed by atoms with Gasteiger partial charge in [0.05, 0.1) is 6.17 Å². The van der Waals surface area contributed by atoms with Gasteiger partial charge in [-0.25, -0.2) is 0 Å². The number of likely N-dealkylation sites (tertiary alicyclic amines) is 1. The van der Waals surface area contributed by atoms with Gasteiger partial charge in [0.2, 0.25) is 0 Å². The van der Waals surface area contributed by atoms with Crippen LogP contribution in [0.2, 0.25) is 5.02 Å². The number of halogens is 1. The second-order valence-electron chi connectivity index (χ2n) is 8.25. The van der Waals surface area contributed by atoms with Gasteiger partial charge in [-0.15, -0.1) is 0 Å². The molecule has 0 N–H and O–H groups in total. The third-order valence-electron chi connectivity index (χ3n) is 6.45. The Balaban J connectivity index is 1.50. The smallest absolute Gasteiger partial charge is 0.0594 e. The zero-order chi connectivity index (χ0) is 19.3. The van der Waals surface area contributed by atoms with Crippen LogP contribution in [0.5, 0.6) is 0 Å². The van der Waals surface area contributed by atoms with Gasteiger partial charge in [0, 0.05) is 37.2 Å². The van der Waals surface area contributed by atoms with E-state index in [1.54, 1.807) is 0 Å². The van der Waals surface area contributed by atoms with Gasteiger partial charge in [-0.1, -0.05) is 60.5 Å². The third-order valence-corrected chi connectivity index (χ3v) is 6.71. The summed E-state index contributed by atoms with van der Waals surface area (Å²) in [6, 6.07) is 19.8. The molecule has 4 rings (SSSR count). The van der Waals surface area contributed by atoms with Crippen LogP contribution in [0.25, 0.3) is 0 Å². The summed E-state index contributed by atoms with van der Waals surface area (Å²) in [5.41, 5.74) is 2.76. The van der Waals surface area contributed by atoms with E-state index in [-0.39, 0.29) is 0 Å². The summed E-state index contributed by atoms with van der Waals surface area (Å²) in [7, 11) is 0. The molecule has 0 radical (unpaired) electrons. The maximum Gasteiger partial charge on any atom is 0.0594 e. The van der Waals surface area contributed by atoms with E-state index in [4.69, 9.17) is 11.6 Å². The van der Waals surface area contributed by atoms with Crippen molar-refractivity contribution in [2.45, 2.75) is 44.9 Å². The number of hydrogen-bond donors (Lipinski definition) is 0. The van der Waals surface area contributed by atoms with Crippen LogP contribution < -0.4 is 0 Å². The summed E-state index contributed by atoms with van der Waals surface area (Å²) in [5.74, 6) is 0. The van der Waals surface area contributed by atoms with Gasteiger partial charge >= 0.3 is 0 Å². The molecule has 2 aromatic rings. The molecule has 2 aliphatic rings. The second kappa shape index (κ2) is 9.41. The molecule has 0 spiro atoms. The summed E-state index contributed by atoms with van der Waals surface area (Å²) in [6.07, 6.45) is 4.63. The van der Waals surface area contributed by atoms with Crippen LogP contribution in [-0.4, -0.2) is 53.6 Å². The maximum atomic E-state index is 6.08. The lowest BCUT2D eigenvalue weighted by molar-refractivity contribution is -0.0182. The highest BCUT2D eigenvalue weighted by Crippen LogP contribution is 2.29. The zero-order valence-electron chi connectivity index (χ0n) is 16.9. The lowest BCUT2D eigenvalue weighted by atomic mass is 10.0. The lowest BCUT2D eigenvalue weighted by Gasteiger charge is -2.47. The Morgan fingerprint density at radius 3 is 2.29 bits per heavy atom. The first-order valence-electron chi connectivity index (χ1n) is 10.7. The average molecular weight is 398 g/mol. The van der Waals surface area contributed by atoms with Crippen molar-refractivity contribution in [1.29, 1.82) is 0 Å². The number of rotatable bonds is 5. The van der Waals surface area contributed by atoms with Gasteiger partial charge in [-0.2, -0.15) is 0 Å². The molecule has 2 fully saturated rings. The van der Waals surface area contributed by atoms with Gasteiger partial charge in [0.1, 0.15) is 0 Å². The Morgan fingerprint density at radius 1 is 0.857 bits per heavy atom. The van der Waals surface area contributed by atoms with Gasteiger partial charge in [-0.3, -0.25) is 14.7 Å². The molecule has 0 amide bonds. The molecule has 0 bridgehead atoms. The summed E-state index contributed by atoms with van der Waals surface area (Å²) >= 11 is 6.08. The van der Waals surface area contributed by atoms with Crippen molar-refractivity contribution < 1.29 is 0 Å². The van der Waals surface area contributed by atoms with E-state index in [0.717, 1.165) is 31.2 Å². The predicted octanol–water partition coefficient (Wildman–Crippen LogP) is 5.03. The molecular formula is C24H32ClN3. The van der Waals surface area contributed by atoms with Crippen molar-refractivity contribution in [2.75, 3.05) is 32.7 Å². The van der Waals surface area contributed by atoms with Crippen LogP contribution in [0.3, 0.4) is 0 Å². The van der Waals surface area contributed by atoms with Crippen LogP contribution in [0, 0.1) is 0 Å². The van der Waals surface area contributed by atoms with E-state index in [1.807, 2.05) is 12.1 Å². The van der Waals surface area contributed by atoms with Gasteiger partial charge in [0.25, 0.3) is 0 Å². The fourth-order valence-corrected chi connectivity index (χ4v) is 4.83. The minimum atomic E-state index is 0.429. The molecule has 2 aliphatic heterocycles. The van der Waals surface area contributed by atoms with Crippen LogP contribution in [0.1, 0.15) is 43.4 Å². The predicted molar refractivity (Wildman–Crippen MR) is 118 cm³/mol. The Bertz CT molecular complexity index is 727. The fourth-order valence-electron chi connectivity index (χ4n) is 4.71. The molecule has 2 unspecified atom stereocenters. The molecule has 0 saturated carbocycles. The molecule has 0 aliphatic carbocycles. The van der Waals surface area contributed by atoms with Crippen LogP contribution in [-0.2, 0) is 6.54 Å². The van der Waals surface area contributed by atoms with Crippen molar-refractivity contribution >= 4 is 11.6 Å². The van der Waals surface area contributed by atoms with Gasteiger partial charge in [-0.05, 0) is 56.1 Å². The van der Waals surface area contributed by atoms with Crippen molar-refractivity contribution in [2.24, 2.45) is 0 Å². The van der Waals surface area contributed by atoms with E-state index < -0.39 is 0 Å². The summed E-state index contributed by atoms with van der Waals surface area (Å²) in [5, 5.41) is 0.809. The molecule has 2 aromatic carbocycles. The van der Waals surface area contributed by atoms with E-state index >= 15 is 0 Å². The minimum Gasteiger partial charge on any atom is -0.290 e. The Hall–Kier alpha value is -1.39. The largest absolute Gasteiger partial charge is 0.290 e. The summed E-state index contributed by atoms with van der Waals surface area (Å²) in [4.78, 5) is 8.01. The third kappa shape index (κ3) is 4.77. The van der Waals surface area contributed by atoms with Crippen LogP contribution in [0.15, 0.2) is 54.6 Å². The normalized spacial score (nSPS) is 23.6. The molecule has 0 aromatic heterocycles. The molecule has 4 heteroatoms. The molecule has 150 valence electrons. The highest BCUT2D eigenvalue weighted by Gasteiger charge is 2.32. The Morgan fingerprint density at radius 2 is 1.57 bits per heavy atom. The average Bonchev–Trinajstić information content (AvgIpc) is 2.76. The molecular weight excluding hydrogens is 366 g/mol. The van der Waals surface area contributed by atoms with Crippen molar-refractivity contribution in [1.82, 2.24) is 14.7 Å². The lowest BCUT2D eigenvalue weighted by Crippen LogP contribution is -2.56. The fraction of sp³-hybridized carbons (Fsp3) is 0.500. The number of nitrogens with zero attached hydrogens (tertiary/aromatic N) is 3. The minimum absolute atomic E-state index is 0.429. The molecule has 3 nitrogen and oxygen atoms in total. The Labute approximate surface area is 174 Å². The standard InChI is InChI=1S/C24H32ClN3/c1-20(26-14-6-3-7-15-26)27-16-17-28(18-21-10-12-23(25)13-11-21)24(19-27)22-8-4-2-5-9-22/h2,4-5,8-13,20,24H,3,6-7,14-19H2,1H3. The van der Waals surface area contributed by atoms with Crippen LogP contribution >= 0.6 is 11.6 Å². The number of benzene rings is 2. The highest BCUT2D eigenvalue weighted by atomic mass is 35.5. The van der Waals surface area contributed by atoms with E-state index in [1.165, 1.54) is 43.5 Å². The topological polar surface area (TPSA) is 9.72 Å². The Kier molecular flexibility index (Phi) is 6.69. The van der Waals surface area contributed by atoms with Crippen molar-refractivity contribution in [3.8, 4) is 0 Å². The molecule has 2 heterocycles. The number of piperazine rings is 1. The molecule has 28 heavy (non-hydrogen) atoms. The van der Waals surface area contributed by atoms with Crippen LogP contribution in [0.4, 0.5) is 0 Å². The van der Waals surface area contributed by atoms with Crippen molar-refractivity contribution in [3.63, 3.8) is 0 Å². The van der Waals surface area contributed by atoms with Gasteiger partial charge < -0.3 is 0 Å². The van der Waals surface area contributed by atoms with Crippen molar-refractivity contribution in [3.05, 3.63) is 70.7 Å². The first-order valence-corrected chi connectivity index (χ1v) is 11.1. The highest BCUT2D eigenvalue weighted by molar-refractivity contribution is 6.30. The number of piperidine rings is 1. The molecule has 2 saturated heterocycles. The van der Waals surface area contributed by atoms with Gasteiger partial charge in [0.15, 0.2) is 0 Å². The maximum absolute atomic E-state index is 6.08. The monoisotopic (exact) mass is 397 g/mol. The van der Waals surface area contributed by atoms with E-state index in [0.29, 0.717) is 12.2 Å². The van der Waals surface area contributed by atoms with E-state index in [9.17, 15) is 0 Å². The summed E-state index contributed by atoms with van der Waals surface area (Å²) < 4.78 is 0. The quantitative estimate of drug-likeness (QED) is 0.700. The SMILES string of the molecule is CC(N1CCCCC1)N1CCN(Cc2ccc(Cl)cc2)C(c2ccccc2)C1. The molecule has 2 atom stereocenters.